The van der Waals surface area contributed by atoms with E-state index >= 15 is 0 Å². The smallest absolute Gasteiger partial charge is 0.0958 e. The van der Waals surface area contributed by atoms with E-state index in [0.29, 0.717) is 5.92 Å². The topological polar surface area (TPSA) is 28.7 Å². The van der Waals surface area contributed by atoms with Gasteiger partial charge in [-0.2, -0.15) is 5.10 Å². The van der Waals surface area contributed by atoms with Gasteiger partial charge < -0.3 is 0 Å². The third-order valence-corrected chi connectivity index (χ3v) is 2.92. The summed E-state index contributed by atoms with van der Waals surface area (Å²) in [6.07, 6.45) is 0. The second-order valence-electron chi connectivity index (χ2n) is 3.89. The monoisotopic (exact) mass is 252 g/mol. The van der Waals surface area contributed by atoms with Crippen LogP contribution in [-0.2, 0) is 0 Å². The van der Waals surface area contributed by atoms with Crippen molar-refractivity contribution in [1.82, 2.24) is 10.2 Å². The van der Waals surface area contributed by atoms with E-state index in [2.05, 4.69) is 52.1 Å². The second kappa shape index (κ2) is 3.39. The number of halogens is 1. The van der Waals surface area contributed by atoms with Crippen LogP contribution in [0.15, 0.2) is 16.6 Å². The highest BCUT2D eigenvalue weighted by Gasteiger charge is 2.10. The fraction of sp³-hybridized carbons (Fsp3) is 0.364. The number of rotatable bonds is 1. The van der Waals surface area contributed by atoms with Crippen molar-refractivity contribution in [3.8, 4) is 0 Å². The molecule has 0 aliphatic carbocycles. The lowest BCUT2D eigenvalue weighted by Gasteiger charge is -2.06. The quantitative estimate of drug-likeness (QED) is 0.823. The Balaban J connectivity index is 2.82. The Morgan fingerprint density at radius 2 is 2.07 bits per heavy atom. The lowest BCUT2D eigenvalue weighted by molar-refractivity contribution is 0.870. The molecule has 0 atom stereocenters. The molecule has 0 radical (unpaired) electrons. The summed E-state index contributed by atoms with van der Waals surface area (Å²) in [5.41, 5.74) is 3.52. The van der Waals surface area contributed by atoms with Gasteiger partial charge in [-0.1, -0.05) is 29.8 Å². The molecule has 2 rings (SSSR count). The molecule has 0 saturated carbocycles. The number of aromatic nitrogens is 2. The van der Waals surface area contributed by atoms with Crippen LogP contribution < -0.4 is 0 Å². The molecule has 0 saturated heterocycles. The number of fused-ring (bicyclic) bond motifs is 1. The van der Waals surface area contributed by atoms with Gasteiger partial charge in [-0.05, 0) is 30.5 Å². The first-order valence-electron chi connectivity index (χ1n) is 4.73. The van der Waals surface area contributed by atoms with Crippen molar-refractivity contribution < 1.29 is 0 Å². The highest BCUT2D eigenvalue weighted by atomic mass is 79.9. The maximum atomic E-state index is 4.33. The molecule has 0 aliphatic heterocycles. The third-order valence-electron chi connectivity index (χ3n) is 2.47. The van der Waals surface area contributed by atoms with Crippen molar-refractivity contribution in [1.29, 1.82) is 0 Å². The van der Waals surface area contributed by atoms with E-state index in [9.17, 15) is 0 Å². The highest BCUT2D eigenvalue weighted by molar-refractivity contribution is 9.10. The van der Waals surface area contributed by atoms with E-state index in [0.717, 1.165) is 15.7 Å². The number of aryl methyl sites for hydroxylation is 1. The number of nitrogens with one attached hydrogen (secondary N) is 1. The van der Waals surface area contributed by atoms with Gasteiger partial charge in [-0.15, -0.1) is 0 Å². The lowest BCUT2D eigenvalue weighted by atomic mass is 10.0. The molecular formula is C11H13BrN2. The van der Waals surface area contributed by atoms with Crippen molar-refractivity contribution in [3.63, 3.8) is 0 Å². The standard InChI is InChI=1S/C11H13BrN2/c1-6(2)9-4-8(12)5-10-7(3)13-14-11(9)10/h4-6H,1-3H3,(H,13,14). The normalized spacial score (nSPS) is 11.5. The van der Waals surface area contributed by atoms with Gasteiger partial charge in [-0.25, -0.2) is 0 Å². The molecule has 2 nitrogen and oxygen atoms in total. The number of hydrogen-bond acceptors (Lipinski definition) is 1. The Labute approximate surface area is 91.8 Å². The van der Waals surface area contributed by atoms with Gasteiger partial charge in [0.1, 0.15) is 0 Å². The number of benzene rings is 1. The summed E-state index contributed by atoms with van der Waals surface area (Å²) in [5.74, 6) is 0.498. The van der Waals surface area contributed by atoms with Gasteiger partial charge in [0, 0.05) is 15.6 Å². The van der Waals surface area contributed by atoms with Crippen LogP contribution in [0.2, 0.25) is 0 Å². The Bertz CT molecular complexity index is 471. The van der Waals surface area contributed by atoms with Crippen LogP contribution >= 0.6 is 15.9 Å². The molecule has 0 unspecified atom stereocenters. The van der Waals surface area contributed by atoms with E-state index in [1.165, 1.54) is 10.9 Å². The summed E-state index contributed by atoms with van der Waals surface area (Å²) in [5, 5.41) is 8.57. The van der Waals surface area contributed by atoms with Crippen molar-refractivity contribution in [2.45, 2.75) is 26.7 Å². The van der Waals surface area contributed by atoms with Crippen LogP contribution in [0.1, 0.15) is 31.0 Å². The van der Waals surface area contributed by atoms with Gasteiger partial charge >= 0.3 is 0 Å². The maximum Gasteiger partial charge on any atom is 0.0958 e. The van der Waals surface area contributed by atoms with Crippen LogP contribution in [0.5, 0.6) is 0 Å². The minimum absolute atomic E-state index is 0.498. The van der Waals surface area contributed by atoms with Gasteiger partial charge in [0.2, 0.25) is 0 Å². The SMILES string of the molecule is Cc1[nH]nc2c(C(C)C)cc(Br)cc12. The fourth-order valence-corrected chi connectivity index (χ4v) is 2.15. The van der Waals surface area contributed by atoms with Crippen molar-refractivity contribution >= 4 is 26.8 Å². The number of aromatic amines is 1. The van der Waals surface area contributed by atoms with E-state index in [-0.39, 0.29) is 0 Å². The van der Waals surface area contributed by atoms with Crippen LogP contribution in [0.3, 0.4) is 0 Å². The molecule has 0 spiro atoms. The minimum atomic E-state index is 0.498. The molecular weight excluding hydrogens is 240 g/mol. The molecule has 0 amide bonds. The first kappa shape index (κ1) is 9.71. The van der Waals surface area contributed by atoms with Crippen LogP contribution in [0.4, 0.5) is 0 Å². The molecule has 1 aromatic carbocycles. The summed E-state index contributed by atoms with van der Waals surface area (Å²) < 4.78 is 1.12. The van der Waals surface area contributed by atoms with Crippen molar-refractivity contribution in [3.05, 3.63) is 27.9 Å². The molecule has 0 aliphatic rings. The van der Waals surface area contributed by atoms with Crippen molar-refractivity contribution in [2.75, 3.05) is 0 Å². The molecule has 3 heteroatoms. The van der Waals surface area contributed by atoms with Gasteiger partial charge in [-0.3, -0.25) is 5.10 Å². The zero-order chi connectivity index (χ0) is 10.3. The Morgan fingerprint density at radius 3 is 2.71 bits per heavy atom. The van der Waals surface area contributed by atoms with E-state index in [4.69, 9.17) is 0 Å². The molecule has 0 bridgehead atoms. The zero-order valence-corrected chi connectivity index (χ0v) is 10.1. The third kappa shape index (κ3) is 1.46. The Kier molecular flexibility index (Phi) is 2.35. The van der Waals surface area contributed by atoms with E-state index < -0.39 is 0 Å². The van der Waals surface area contributed by atoms with Crippen LogP contribution in [0.25, 0.3) is 10.9 Å². The Hall–Kier alpha value is -0.830. The second-order valence-corrected chi connectivity index (χ2v) is 4.81. The summed E-state index contributed by atoms with van der Waals surface area (Å²) in [6.45, 7) is 6.42. The van der Waals surface area contributed by atoms with Gasteiger partial charge in [0.15, 0.2) is 0 Å². The molecule has 1 heterocycles. The van der Waals surface area contributed by atoms with Gasteiger partial charge in [0.05, 0.1) is 5.52 Å². The lowest BCUT2D eigenvalue weighted by Crippen LogP contribution is -1.89. The average Bonchev–Trinajstić information content (AvgIpc) is 2.47. The number of H-pyrrole nitrogens is 1. The molecule has 74 valence electrons. The number of nitrogens with zero attached hydrogens (tertiary/aromatic N) is 1. The molecule has 2 aromatic rings. The van der Waals surface area contributed by atoms with Crippen LogP contribution in [-0.4, -0.2) is 10.2 Å². The first-order chi connectivity index (χ1) is 6.59. The maximum absolute atomic E-state index is 4.33. The Morgan fingerprint density at radius 1 is 1.36 bits per heavy atom. The summed E-state index contributed by atoms with van der Waals surface area (Å²) >= 11 is 3.53. The molecule has 1 aromatic heterocycles. The largest absolute Gasteiger partial charge is 0.282 e. The highest BCUT2D eigenvalue weighted by Crippen LogP contribution is 2.29. The molecule has 1 N–H and O–H groups in total. The number of hydrogen-bond donors (Lipinski definition) is 1. The average molecular weight is 253 g/mol. The van der Waals surface area contributed by atoms with Gasteiger partial charge in [0.25, 0.3) is 0 Å². The van der Waals surface area contributed by atoms with Crippen LogP contribution in [0, 0.1) is 6.92 Å². The van der Waals surface area contributed by atoms with E-state index in [1.807, 2.05) is 6.92 Å². The summed E-state index contributed by atoms with van der Waals surface area (Å²) in [7, 11) is 0. The zero-order valence-electron chi connectivity index (χ0n) is 8.56. The first-order valence-corrected chi connectivity index (χ1v) is 5.53. The summed E-state index contributed by atoms with van der Waals surface area (Å²) in [4.78, 5) is 0. The predicted molar refractivity (Wildman–Crippen MR) is 62.6 cm³/mol. The molecule has 0 fully saturated rings. The molecule has 14 heavy (non-hydrogen) atoms. The van der Waals surface area contributed by atoms with Crippen molar-refractivity contribution in [2.24, 2.45) is 0 Å². The predicted octanol–water partition coefficient (Wildman–Crippen LogP) is 3.76. The minimum Gasteiger partial charge on any atom is -0.282 e. The fourth-order valence-electron chi connectivity index (χ4n) is 1.67. The summed E-state index contributed by atoms with van der Waals surface area (Å²) in [6, 6.07) is 4.26. The van der Waals surface area contributed by atoms with E-state index in [1.54, 1.807) is 0 Å².